The van der Waals surface area contributed by atoms with Crippen molar-refractivity contribution in [2.24, 2.45) is 0 Å². The summed E-state index contributed by atoms with van der Waals surface area (Å²) >= 11 is 0. The first kappa shape index (κ1) is 12.8. The Kier molecular flexibility index (Phi) is 2.82. The molecule has 0 unspecified atom stereocenters. The number of imidazole rings is 1. The fourth-order valence-electron chi connectivity index (χ4n) is 2.62. The molecule has 0 spiro atoms. The van der Waals surface area contributed by atoms with Gasteiger partial charge in [-0.1, -0.05) is 31.2 Å². The molecule has 4 nitrogen and oxygen atoms in total. The summed E-state index contributed by atoms with van der Waals surface area (Å²) in [6, 6.07) is 15.5. The molecule has 0 saturated carbocycles. The van der Waals surface area contributed by atoms with E-state index in [0.717, 1.165) is 28.4 Å². The van der Waals surface area contributed by atoms with Crippen LogP contribution in [-0.4, -0.2) is 9.97 Å². The summed E-state index contributed by atoms with van der Waals surface area (Å²) in [7, 11) is 0. The zero-order valence-electron chi connectivity index (χ0n) is 12.1. The van der Waals surface area contributed by atoms with Crippen molar-refractivity contribution in [2.45, 2.75) is 13.3 Å². The van der Waals surface area contributed by atoms with Crippen LogP contribution in [0.3, 0.4) is 0 Å². The highest BCUT2D eigenvalue weighted by molar-refractivity contribution is 5.84. The lowest BCUT2D eigenvalue weighted by atomic mass is 10.1. The molecule has 0 aliphatic rings. The van der Waals surface area contributed by atoms with Crippen molar-refractivity contribution in [3.63, 3.8) is 0 Å². The number of aryl methyl sites for hydroxylation is 1. The molecule has 0 aliphatic heterocycles. The number of aromatic nitrogens is 2. The molecule has 2 heterocycles. The number of para-hydroxylation sites is 2. The number of nitrogens with one attached hydrogen (secondary N) is 1. The van der Waals surface area contributed by atoms with Crippen molar-refractivity contribution < 1.29 is 4.42 Å². The molecule has 0 aliphatic carbocycles. The number of nitrogens with zero attached hydrogens (tertiary/aromatic N) is 1. The number of benzene rings is 2. The summed E-state index contributed by atoms with van der Waals surface area (Å²) in [5.41, 5.74) is 3.57. The van der Waals surface area contributed by atoms with E-state index in [4.69, 9.17) is 4.42 Å². The minimum Gasteiger partial charge on any atom is -0.422 e. The Morgan fingerprint density at radius 2 is 2.00 bits per heavy atom. The Bertz CT molecular complexity index is 1010. The molecule has 0 amide bonds. The van der Waals surface area contributed by atoms with E-state index < -0.39 is 0 Å². The van der Waals surface area contributed by atoms with Gasteiger partial charge < -0.3 is 9.40 Å². The number of H-pyrrole nitrogens is 1. The van der Waals surface area contributed by atoms with Crippen LogP contribution in [-0.2, 0) is 6.42 Å². The standard InChI is InChI=1S/C18H14N2O2/c1-2-11-7-8-12-10-13(18(21)22-16(12)9-11)17-19-14-5-3-4-6-15(14)20-17/h3-10H,2H2,1H3,(H,19,20). The topological polar surface area (TPSA) is 58.9 Å². The highest BCUT2D eigenvalue weighted by Gasteiger charge is 2.12. The first-order chi connectivity index (χ1) is 10.7. The van der Waals surface area contributed by atoms with Gasteiger partial charge in [-0.15, -0.1) is 0 Å². The Balaban J connectivity index is 1.94. The van der Waals surface area contributed by atoms with Crippen LogP contribution in [0.5, 0.6) is 0 Å². The van der Waals surface area contributed by atoms with Gasteiger partial charge in [0.25, 0.3) is 0 Å². The zero-order valence-corrected chi connectivity index (χ0v) is 12.1. The van der Waals surface area contributed by atoms with E-state index in [1.54, 1.807) is 0 Å². The van der Waals surface area contributed by atoms with Gasteiger partial charge in [0, 0.05) is 5.39 Å². The molecule has 4 rings (SSSR count). The lowest BCUT2D eigenvalue weighted by molar-refractivity contribution is 0.562. The van der Waals surface area contributed by atoms with Crippen LogP contribution in [0.15, 0.2) is 57.7 Å². The van der Waals surface area contributed by atoms with Crippen molar-refractivity contribution in [2.75, 3.05) is 0 Å². The van der Waals surface area contributed by atoms with E-state index in [1.807, 2.05) is 48.5 Å². The molecule has 1 N–H and O–H groups in total. The second kappa shape index (κ2) is 4.84. The highest BCUT2D eigenvalue weighted by atomic mass is 16.4. The van der Waals surface area contributed by atoms with E-state index in [-0.39, 0.29) is 5.63 Å². The number of fused-ring (bicyclic) bond motifs is 2. The van der Waals surface area contributed by atoms with E-state index in [1.165, 1.54) is 0 Å². The molecule has 2 aromatic carbocycles. The van der Waals surface area contributed by atoms with Crippen molar-refractivity contribution in [3.8, 4) is 11.4 Å². The average molecular weight is 290 g/mol. The van der Waals surface area contributed by atoms with Crippen molar-refractivity contribution in [1.29, 1.82) is 0 Å². The molecule has 0 fully saturated rings. The summed E-state index contributed by atoms with van der Waals surface area (Å²) < 4.78 is 5.47. The Labute approximate surface area is 126 Å². The largest absolute Gasteiger partial charge is 0.422 e. The van der Waals surface area contributed by atoms with Crippen LogP contribution in [0.25, 0.3) is 33.4 Å². The molecular weight excluding hydrogens is 276 g/mol. The summed E-state index contributed by atoms with van der Waals surface area (Å²) in [5, 5.41) is 0.896. The van der Waals surface area contributed by atoms with Crippen molar-refractivity contribution >= 4 is 22.0 Å². The summed E-state index contributed by atoms with van der Waals surface area (Å²) in [5.74, 6) is 0.538. The summed E-state index contributed by atoms with van der Waals surface area (Å²) in [4.78, 5) is 19.9. The van der Waals surface area contributed by atoms with Crippen LogP contribution in [0.1, 0.15) is 12.5 Å². The predicted molar refractivity (Wildman–Crippen MR) is 86.9 cm³/mol. The second-order valence-corrected chi connectivity index (χ2v) is 5.28. The molecule has 4 heteroatoms. The lowest BCUT2D eigenvalue weighted by Gasteiger charge is -2.02. The van der Waals surface area contributed by atoms with Crippen molar-refractivity contribution in [3.05, 3.63) is 64.5 Å². The van der Waals surface area contributed by atoms with Crippen LogP contribution < -0.4 is 5.63 Å². The lowest BCUT2D eigenvalue weighted by Crippen LogP contribution is -2.03. The number of rotatable bonds is 2. The molecule has 0 bridgehead atoms. The van der Waals surface area contributed by atoms with E-state index in [9.17, 15) is 4.79 Å². The Hall–Kier alpha value is -2.88. The van der Waals surface area contributed by atoms with Crippen LogP contribution >= 0.6 is 0 Å². The minimum absolute atomic E-state index is 0.375. The third-order valence-corrected chi connectivity index (χ3v) is 3.85. The van der Waals surface area contributed by atoms with Gasteiger partial charge in [0.05, 0.1) is 11.0 Å². The Morgan fingerprint density at radius 1 is 1.14 bits per heavy atom. The molecule has 0 radical (unpaired) electrons. The molecule has 22 heavy (non-hydrogen) atoms. The van der Waals surface area contributed by atoms with Gasteiger partial charge in [-0.05, 0) is 36.2 Å². The second-order valence-electron chi connectivity index (χ2n) is 5.28. The monoisotopic (exact) mass is 290 g/mol. The number of hydrogen-bond acceptors (Lipinski definition) is 3. The normalized spacial score (nSPS) is 11.3. The molecule has 108 valence electrons. The maximum Gasteiger partial charge on any atom is 0.347 e. The molecule has 2 aromatic heterocycles. The first-order valence-electron chi connectivity index (χ1n) is 7.26. The summed E-state index contributed by atoms with van der Waals surface area (Å²) in [6.07, 6.45) is 0.908. The predicted octanol–water partition coefficient (Wildman–Crippen LogP) is 3.90. The van der Waals surface area contributed by atoms with Gasteiger partial charge in [0.2, 0.25) is 0 Å². The number of aromatic amines is 1. The quantitative estimate of drug-likeness (QED) is 0.570. The smallest absolute Gasteiger partial charge is 0.347 e. The van der Waals surface area contributed by atoms with Gasteiger partial charge in [0.1, 0.15) is 17.0 Å². The minimum atomic E-state index is -0.375. The third kappa shape index (κ3) is 2.00. The van der Waals surface area contributed by atoms with Gasteiger partial charge in [-0.2, -0.15) is 0 Å². The van der Waals surface area contributed by atoms with E-state index in [2.05, 4.69) is 16.9 Å². The van der Waals surface area contributed by atoms with Gasteiger partial charge in [-0.25, -0.2) is 9.78 Å². The fourth-order valence-corrected chi connectivity index (χ4v) is 2.62. The Morgan fingerprint density at radius 3 is 2.82 bits per heavy atom. The number of hydrogen-bond donors (Lipinski definition) is 1. The van der Waals surface area contributed by atoms with Crippen molar-refractivity contribution in [1.82, 2.24) is 9.97 Å². The van der Waals surface area contributed by atoms with Crippen LogP contribution in [0, 0.1) is 0 Å². The van der Waals surface area contributed by atoms with Gasteiger partial charge in [-0.3, -0.25) is 0 Å². The van der Waals surface area contributed by atoms with E-state index >= 15 is 0 Å². The maximum atomic E-state index is 12.3. The van der Waals surface area contributed by atoms with E-state index in [0.29, 0.717) is 17.0 Å². The van der Waals surface area contributed by atoms with Crippen LogP contribution in [0.4, 0.5) is 0 Å². The summed E-state index contributed by atoms with van der Waals surface area (Å²) in [6.45, 7) is 2.07. The average Bonchev–Trinajstić information content (AvgIpc) is 2.97. The molecule has 0 atom stereocenters. The van der Waals surface area contributed by atoms with Gasteiger partial charge >= 0.3 is 5.63 Å². The van der Waals surface area contributed by atoms with Crippen LogP contribution in [0.2, 0.25) is 0 Å². The first-order valence-corrected chi connectivity index (χ1v) is 7.26. The SMILES string of the molecule is CCc1ccc2cc(-c3nc4ccccc4[nH]3)c(=O)oc2c1. The molecule has 4 aromatic rings. The van der Waals surface area contributed by atoms with Gasteiger partial charge in [0.15, 0.2) is 0 Å². The fraction of sp³-hybridized carbons (Fsp3) is 0.111. The highest BCUT2D eigenvalue weighted by Crippen LogP contribution is 2.22. The zero-order chi connectivity index (χ0) is 15.1. The third-order valence-electron chi connectivity index (χ3n) is 3.85. The molecular formula is C18H14N2O2. The maximum absolute atomic E-state index is 12.3. The molecule has 0 saturated heterocycles.